The summed E-state index contributed by atoms with van der Waals surface area (Å²) in [4.78, 5) is 10.7. The van der Waals surface area contributed by atoms with Gasteiger partial charge < -0.3 is 9.84 Å². The summed E-state index contributed by atoms with van der Waals surface area (Å²) in [6.07, 6.45) is 6.69. The average molecular weight is 462 g/mol. The van der Waals surface area contributed by atoms with E-state index < -0.39 is 21.8 Å². The summed E-state index contributed by atoms with van der Waals surface area (Å²) in [6, 6.07) is 11.9. The molecule has 0 bridgehead atoms. The van der Waals surface area contributed by atoms with Gasteiger partial charge in [-0.2, -0.15) is 4.31 Å². The molecule has 32 heavy (non-hydrogen) atoms. The molecule has 2 aromatic carbocycles. The van der Waals surface area contributed by atoms with Gasteiger partial charge >= 0.3 is 5.97 Å². The summed E-state index contributed by atoms with van der Waals surface area (Å²) >= 11 is 0. The molecular weight excluding hydrogens is 433 g/mol. The van der Waals surface area contributed by atoms with Gasteiger partial charge in [0.15, 0.2) is 0 Å². The third-order valence-corrected chi connectivity index (χ3v) is 7.59. The lowest BCUT2D eigenvalue weighted by atomic mass is 9.91. The van der Waals surface area contributed by atoms with E-state index in [1.54, 1.807) is 7.11 Å². The van der Waals surface area contributed by atoms with E-state index in [9.17, 15) is 17.6 Å². The van der Waals surface area contributed by atoms with Crippen LogP contribution in [0.1, 0.15) is 43.7 Å². The second kappa shape index (κ2) is 10.7. The predicted octanol–water partition coefficient (Wildman–Crippen LogP) is 4.79. The second-order valence-electron chi connectivity index (χ2n) is 7.83. The first-order valence-corrected chi connectivity index (χ1v) is 12.0. The maximum Gasteiger partial charge on any atom is 0.303 e. The molecule has 0 saturated carbocycles. The molecule has 1 saturated heterocycles. The van der Waals surface area contributed by atoms with E-state index in [2.05, 4.69) is 0 Å². The average Bonchev–Trinajstić information content (AvgIpc) is 3.21. The standard InChI is InChI=1S/C24H28FNO5S/c1-31-21-9-6-8-19(17-21)24-18(7-4-2-3-5-10-23(27)28)15-16-26(24)32(29,30)22-13-11-20(25)12-14-22/h2,4,6,8-9,11-14,17-18,24H,3,5,7,10,15-16H2,1H3,(H,27,28)/b4-2-/t18-,24+/m1/s1. The Morgan fingerprint density at radius 2 is 1.97 bits per heavy atom. The molecule has 0 aromatic heterocycles. The highest BCUT2D eigenvalue weighted by Crippen LogP contribution is 2.43. The Hall–Kier alpha value is -2.71. The number of benzene rings is 2. The van der Waals surface area contributed by atoms with Crippen molar-refractivity contribution in [3.05, 3.63) is 72.1 Å². The molecule has 6 nitrogen and oxygen atoms in total. The lowest BCUT2D eigenvalue weighted by Crippen LogP contribution is -2.32. The van der Waals surface area contributed by atoms with Gasteiger partial charge in [-0.1, -0.05) is 24.3 Å². The molecule has 0 radical (unpaired) electrons. The van der Waals surface area contributed by atoms with Gasteiger partial charge in [-0.3, -0.25) is 4.79 Å². The lowest BCUT2D eigenvalue weighted by Gasteiger charge is -2.28. The molecule has 8 heteroatoms. The van der Waals surface area contributed by atoms with Crippen LogP contribution in [0.25, 0.3) is 0 Å². The molecule has 1 heterocycles. The monoisotopic (exact) mass is 461 g/mol. The molecule has 2 atom stereocenters. The Morgan fingerprint density at radius 1 is 1.22 bits per heavy atom. The van der Waals surface area contributed by atoms with Gasteiger partial charge in [-0.05, 0) is 73.6 Å². The number of halogens is 1. The van der Waals surface area contributed by atoms with Crippen LogP contribution in [0.5, 0.6) is 5.75 Å². The van der Waals surface area contributed by atoms with Crippen LogP contribution >= 0.6 is 0 Å². The van der Waals surface area contributed by atoms with Gasteiger partial charge in [-0.15, -0.1) is 0 Å². The zero-order valence-corrected chi connectivity index (χ0v) is 18.8. The van der Waals surface area contributed by atoms with Crippen molar-refractivity contribution in [2.45, 2.75) is 43.0 Å². The zero-order chi connectivity index (χ0) is 23.1. The van der Waals surface area contributed by atoms with E-state index in [0.29, 0.717) is 38.0 Å². The van der Waals surface area contributed by atoms with Crippen LogP contribution in [0.15, 0.2) is 65.6 Å². The van der Waals surface area contributed by atoms with Crippen molar-refractivity contribution in [3.63, 3.8) is 0 Å². The van der Waals surface area contributed by atoms with Gasteiger partial charge in [0.2, 0.25) is 10.0 Å². The predicted molar refractivity (Wildman–Crippen MR) is 119 cm³/mol. The molecule has 0 amide bonds. The number of sulfonamides is 1. The topological polar surface area (TPSA) is 83.9 Å². The van der Waals surface area contributed by atoms with E-state index in [0.717, 1.165) is 17.7 Å². The number of methoxy groups -OCH3 is 1. The summed E-state index contributed by atoms with van der Waals surface area (Å²) in [7, 11) is -2.25. The van der Waals surface area contributed by atoms with E-state index in [1.165, 1.54) is 16.4 Å². The van der Waals surface area contributed by atoms with Gasteiger partial charge in [-0.25, -0.2) is 12.8 Å². The van der Waals surface area contributed by atoms with E-state index in [4.69, 9.17) is 9.84 Å². The number of rotatable bonds is 10. The number of carboxylic acids is 1. The highest BCUT2D eigenvalue weighted by molar-refractivity contribution is 7.89. The fourth-order valence-electron chi connectivity index (χ4n) is 4.11. The molecule has 0 spiro atoms. The van der Waals surface area contributed by atoms with Crippen molar-refractivity contribution >= 4 is 16.0 Å². The number of hydrogen-bond donors (Lipinski definition) is 1. The van der Waals surface area contributed by atoms with Crippen molar-refractivity contribution in [1.29, 1.82) is 0 Å². The second-order valence-corrected chi connectivity index (χ2v) is 9.72. The normalized spacial score (nSPS) is 19.4. The molecular formula is C24H28FNO5S. The Labute approximate surface area is 188 Å². The summed E-state index contributed by atoms with van der Waals surface area (Å²) in [5.41, 5.74) is 0.844. The Bertz CT molecular complexity index is 1050. The Morgan fingerprint density at radius 3 is 2.66 bits per heavy atom. The molecule has 3 rings (SSSR count). The van der Waals surface area contributed by atoms with Crippen LogP contribution in [0.2, 0.25) is 0 Å². The van der Waals surface area contributed by atoms with Crippen LogP contribution in [-0.2, 0) is 14.8 Å². The first kappa shape index (κ1) is 23.9. The van der Waals surface area contributed by atoms with Crippen molar-refractivity contribution < 1.29 is 27.4 Å². The van der Waals surface area contributed by atoms with Crippen molar-refractivity contribution in [3.8, 4) is 5.75 Å². The van der Waals surface area contributed by atoms with Crippen molar-refractivity contribution in [2.24, 2.45) is 5.92 Å². The Balaban J connectivity index is 1.85. The van der Waals surface area contributed by atoms with Gasteiger partial charge in [0.05, 0.1) is 18.0 Å². The fraction of sp³-hybridized carbons (Fsp3) is 0.375. The number of aliphatic carboxylic acids is 1. The maximum atomic E-state index is 13.4. The summed E-state index contributed by atoms with van der Waals surface area (Å²) in [5, 5.41) is 8.74. The first-order valence-electron chi connectivity index (χ1n) is 10.6. The number of hydrogen-bond acceptors (Lipinski definition) is 4. The minimum Gasteiger partial charge on any atom is -0.497 e. The minimum absolute atomic E-state index is 0.0491. The molecule has 0 aliphatic carbocycles. The van der Waals surface area contributed by atoms with Crippen molar-refractivity contribution in [1.82, 2.24) is 4.31 Å². The summed E-state index contributed by atoms with van der Waals surface area (Å²) < 4.78 is 47.0. The molecule has 1 N–H and O–H groups in total. The zero-order valence-electron chi connectivity index (χ0n) is 18.0. The van der Waals surface area contributed by atoms with Crippen LogP contribution in [0.4, 0.5) is 4.39 Å². The molecule has 1 fully saturated rings. The highest BCUT2D eigenvalue weighted by Gasteiger charge is 2.42. The first-order chi connectivity index (χ1) is 15.3. The Kier molecular flexibility index (Phi) is 8.04. The molecule has 2 aromatic rings. The molecule has 0 unspecified atom stereocenters. The van der Waals surface area contributed by atoms with E-state index in [1.807, 2.05) is 36.4 Å². The minimum atomic E-state index is -3.82. The number of ether oxygens (including phenoxy) is 1. The molecule has 1 aliphatic heterocycles. The van der Waals surface area contributed by atoms with Gasteiger partial charge in [0.25, 0.3) is 0 Å². The summed E-state index contributed by atoms with van der Waals surface area (Å²) in [5.74, 6) is -0.598. The number of carbonyl (C=O) groups is 1. The highest BCUT2D eigenvalue weighted by atomic mass is 32.2. The fourth-order valence-corrected chi connectivity index (χ4v) is 5.80. The van der Waals surface area contributed by atoms with E-state index in [-0.39, 0.29) is 23.3 Å². The smallest absolute Gasteiger partial charge is 0.303 e. The van der Waals surface area contributed by atoms with Crippen LogP contribution in [0, 0.1) is 11.7 Å². The molecule has 1 aliphatic rings. The largest absolute Gasteiger partial charge is 0.497 e. The third-order valence-electron chi connectivity index (χ3n) is 5.70. The lowest BCUT2D eigenvalue weighted by molar-refractivity contribution is -0.137. The molecule has 172 valence electrons. The number of unbranched alkanes of at least 4 members (excludes halogenated alkanes) is 1. The maximum absolute atomic E-state index is 13.4. The number of allylic oxidation sites excluding steroid dienone is 2. The van der Waals surface area contributed by atoms with Gasteiger partial charge in [0.1, 0.15) is 11.6 Å². The number of nitrogens with zero attached hydrogens (tertiary/aromatic N) is 1. The van der Waals surface area contributed by atoms with E-state index >= 15 is 0 Å². The SMILES string of the molecule is COc1cccc([C@@H]2[C@H](C/C=C\CCCC(=O)O)CCN2S(=O)(=O)c2ccc(F)cc2)c1. The van der Waals surface area contributed by atoms with Crippen LogP contribution < -0.4 is 4.74 Å². The van der Waals surface area contributed by atoms with Crippen LogP contribution in [-0.4, -0.2) is 37.5 Å². The van der Waals surface area contributed by atoms with Crippen LogP contribution in [0.3, 0.4) is 0 Å². The third kappa shape index (κ3) is 5.75. The van der Waals surface area contributed by atoms with Gasteiger partial charge in [0, 0.05) is 13.0 Å². The summed E-state index contributed by atoms with van der Waals surface area (Å²) in [6.45, 7) is 0.360. The quantitative estimate of drug-likeness (QED) is 0.406. The van der Waals surface area contributed by atoms with Crippen molar-refractivity contribution in [2.75, 3.05) is 13.7 Å². The number of carboxylic acid groups (broad SMARTS) is 1.